The molecule has 0 radical (unpaired) electrons. The van der Waals surface area contributed by atoms with Crippen molar-refractivity contribution in [2.24, 2.45) is 0 Å². The predicted octanol–water partition coefficient (Wildman–Crippen LogP) is 3.21. The third-order valence-corrected chi connectivity index (χ3v) is 3.85. The Hall–Kier alpha value is -2.38. The molecule has 0 fully saturated rings. The van der Waals surface area contributed by atoms with E-state index in [1.54, 1.807) is 19.1 Å². The predicted molar refractivity (Wildman–Crippen MR) is 85.1 cm³/mol. The fourth-order valence-corrected chi connectivity index (χ4v) is 2.61. The van der Waals surface area contributed by atoms with Crippen molar-refractivity contribution in [2.75, 3.05) is 5.32 Å². The SMILES string of the molecule is Cc1cnc(C(=O)Nc2nnc(-c3cccc(Cl)c3)s2)cn1. The first kappa shape index (κ1) is 14.6. The minimum Gasteiger partial charge on any atom is -0.295 e. The molecule has 8 heteroatoms. The molecule has 0 unspecified atom stereocenters. The van der Waals surface area contributed by atoms with Gasteiger partial charge in [0.2, 0.25) is 5.13 Å². The van der Waals surface area contributed by atoms with Crippen LogP contribution in [0.15, 0.2) is 36.7 Å². The molecule has 22 heavy (non-hydrogen) atoms. The van der Waals surface area contributed by atoms with E-state index in [0.29, 0.717) is 15.2 Å². The van der Waals surface area contributed by atoms with Gasteiger partial charge >= 0.3 is 0 Å². The zero-order chi connectivity index (χ0) is 15.5. The fourth-order valence-electron chi connectivity index (χ4n) is 1.68. The minimum atomic E-state index is -0.374. The maximum absolute atomic E-state index is 12.0. The summed E-state index contributed by atoms with van der Waals surface area (Å²) in [6.45, 7) is 1.80. The molecule has 1 amide bonds. The van der Waals surface area contributed by atoms with Gasteiger partial charge in [-0.2, -0.15) is 0 Å². The average Bonchev–Trinajstić information content (AvgIpc) is 2.96. The number of amides is 1. The molecule has 2 aromatic heterocycles. The second-order valence-electron chi connectivity index (χ2n) is 4.42. The highest BCUT2D eigenvalue weighted by Crippen LogP contribution is 2.28. The van der Waals surface area contributed by atoms with Gasteiger partial charge in [-0.15, -0.1) is 10.2 Å². The van der Waals surface area contributed by atoms with Crippen molar-refractivity contribution in [3.05, 3.63) is 53.1 Å². The van der Waals surface area contributed by atoms with Crippen LogP contribution < -0.4 is 5.32 Å². The minimum absolute atomic E-state index is 0.227. The second kappa shape index (κ2) is 6.17. The molecule has 2 heterocycles. The molecule has 0 aliphatic carbocycles. The molecule has 1 N–H and O–H groups in total. The van der Waals surface area contributed by atoms with E-state index in [0.717, 1.165) is 11.3 Å². The molecule has 0 aliphatic rings. The van der Waals surface area contributed by atoms with Crippen LogP contribution in [0.4, 0.5) is 5.13 Å². The van der Waals surface area contributed by atoms with Crippen molar-refractivity contribution < 1.29 is 4.79 Å². The molecular weight excluding hydrogens is 322 g/mol. The first-order valence-electron chi connectivity index (χ1n) is 6.31. The maximum Gasteiger partial charge on any atom is 0.277 e. The summed E-state index contributed by atoms with van der Waals surface area (Å²) in [5.41, 5.74) is 1.82. The summed E-state index contributed by atoms with van der Waals surface area (Å²) in [6, 6.07) is 7.28. The number of aryl methyl sites for hydroxylation is 1. The van der Waals surface area contributed by atoms with E-state index in [1.165, 1.54) is 23.7 Å². The topological polar surface area (TPSA) is 80.7 Å². The van der Waals surface area contributed by atoms with Crippen LogP contribution in [0.1, 0.15) is 16.2 Å². The van der Waals surface area contributed by atoms with Crippen LogP contribution in [0, 0.1) is 6.92 Å². The van der Waals surface area contributed by atoms with E-state index in [1.807, 2.05) is 12.1 Å². The van der Waals surface area contributed by atoms with Crippen LogP contribution in [0.2, 0.25) is 5.02 Å². The smallest absolute Gasteiger partial charge is 0.277 e. The molecule has 3 aromatic rings. The Balaban J connectivity index is 1.77. The summed E-state index contributed by atoms with van der Waals surface area (Å²) in [7, 11) is 0. The molecule has 1 aromatic carbocycles. The molecule has 0 spiro atoms. The quantitative estimate of drug-likeness (QED) is 0.797. The molecule has 0 atom stereocenters. The zero-order valence-corrected chi connectivity index (χ0v) is 13.0. The van der Waals surface area contributed by atoms with Crippen molar-refractivity contribution in [2.45, 2.75) is 6.92 Å². The van der Waals surface area contributed by atoms with Crippen LogP contribution >= 0.6 is 22.9 Å². The number of rotatable bonds is 3. The van der Waals surface area contributed by atoms with Gasteiger partial charge in [-0.05, 0) is 19.1 Å². The zero-order valence-electron chi connectivity index (χ0n) is 11.4. The van der Waals surface area contributed by atoms with Gasteiger partial charge in [0, 0.05) is 16.8 Å². The Bertz CT molecular complexity index is 818. The molecule has 0 bridgehead atoms. The molecule has 0 saturated heterocycles. The monoisotopic (exact) mass is 331 g/mol. The number of hydrogen-bond donors (Lipinski definition) is 1. The average molecular weight is 332 g/mol. The van der Waals surface area contributed by atoms with E-state index in [2.05, 4.69) is 25.5 Å². The lowest BCUT2D eigenvalue weighted by Gasteiger charge is -1.99. The number of carbonyl (C=O) groups is 1. The lowest BCUT2D eigenvalue weighted by molar-refractivity contribution is 0.102. The summed E-state index contributed by atoms with van der Waals surface area (Å²) in [6.07, 6.45) is 2.95. The molecule has 110 valence electrons. The number of anilines is 1. The van der Waals surface area contributed by atoms with Crippen LogP contribution in [0.3, 0.4) is 0 Å². The molecule has 6 nitrogen and oxygen atoms in total. The van der Waals surface area contributed by atoms with E-state index >= 15 is 0 Å². The van der Waals surface area contributed by atoms with Gasteiger partial charge in [0.1, 0.15) is 10.7 Å². The van der Waals surface area contributed by atoms with Crippen LogP contribution in [0.25, 0.3) is 10.6 Å². The Kier molecular flexibility index (Phi) is 4.08. The van der Waals surface area contributed by atoms with Crippen LogP contribution in [-0.4, -0.2) is 26.1 Å². The van der Waals surface area contributed by atoms with Gasteiger partial charge < -0.3 is 0 Å². The van der Waals surface area contributed by atoms with Gasteiger partial charge in [0.05, 0.1) is 11.9 Å². The summed E-state index contributed by atoms with van der Waals surface area (Å²) < 4.78 is 0. The van der Waals surface area contributed by atoms with Crippen molar-refractivity contribution in [3.8, 4) is 10.6 Å². The van der Waals surface area contributed by atoms with Crippen molar-refractivity contribution >= 4 is 34.0 Å². The normalized spacial score (nSPS) is 10.5. The Morgan fingerprint density at radius 3 is 2.82 bits per heavy atom. The molecule has 0 aliphatic heterocycles. The number of halogens is 1. The van der Waals surface area contributed by atoms with Gasteiger partial charge in [-0.1, -0.05) is 35.1 Å². The highest BCUT2D eigenvalue weighted by molar-refractivity contribution is 7.18. The van der Waals surface area contributed by atoms with Crippen molar-refractivity contribution in [1.29, 1.82) is 0 Å². The molecule has 3 rings (SSSR count). The summed E-state index contributed by atoms with van der Waals surface area (Å²) >= 11 is 7.21. The third-order valence-electron chi connectivity index (χ3n) is 2.73. The fraction of sp³-hybridized carbons (Fsp3) is 0.0714. The van der Waals surface area contributed by atoms with Gasteiger partial charge in [0.15, 0.2) is 0 Å². The lowest BCUT2D eigenvalue weighted by atomic mass is 10.2. The first-order valence-corrected chi connectivity index (χ1v) is 7.51. The van der Waals surface area contributed by atoms with Gasteiger partial charge in [-0.3, -0.25) is 15.1 Å². The van der Waals surface area contributed by atoms with Crippen LogP contribution in [0.5, 0.6) is 0 Å². The number of nitrogens with zero attached hydrogens (tertiary/aromatic N) is 4. The Labute approximate surface area is 135 Å². The number of aromatic nitrogens is 4. The number of hydrogen-bond acceptors (Lipinski definition) is 6. The highest BCUT2D eigenvalue weighted by Gasteiger charge is 2.12. The summed E-state index contributed by atoms with van der Waals surface area (Å²) in [5.74, 6) is -0.374. The second-order valence-corrected chi connectivity index (χ2v) is 5.83. The maximum atomic E-state index is 12.0. The summed E-state index contributed by atoms with van der Waals surface area (Å²) in [4.78, 5) is 20.1. The standard InChI is InChI=1S/C14H10ClN5OS/c1-8-6-17-11(7-16-8)12(21)18-14-20-19-13(22-14)9-3-2-4-10(15)5-9/h2-7H,1H3,(H,18,20,21). The highest BCUT2D eigenvalue weighted by atomic mass is 35.5. The Morgan fingerprint density at radius 2 is 2.09 bits per heavy atom. The van der Waals surface area contributed by atoms with Crippen molar-refractivity contribution in [1.82, 2.24) is 20.2 Å². The number of nitrogens with one attached hydrogen (secondary N) is 1. The van der Waals surface area contributed by atoms with E-state index in [-0.39, 0.29) is 11.6 Å². The van der Waals surface area contributed by atoms with E-state index < -0.39 is 0 Å². The number of benzene rings is 1. The lowest BCUT2D eigenvalue weighted by Crippen LogP contribution is -2.13. The first-order chi connectivity index (χ1) is 10.6. The third kappa shape index (κ3) is 3.26. The molecular formula is C14H10ClN5OS. The largest absolute Gasteiger partial charge is 0.295 e. The van der Waals surface area contributed by atoms with Gasteiger partial charge in [0.25, 0.3) is 5.91 Å². The molecule has 0 saturated carbocycles. The van der Waals surface area contributed by atoms with Crippen LogP contribution in [-0.2, 0) is 0 Å². The Morgan fingerprint density at radius 1 is 1.23 bits per heavy atom. The summed E-state index contributed by atoms with van der Waals surface area (Å²) in [5, 5.41) is 12.3. The van der Waals surface area contributed by atoms with E-state index in [9.17, 15) is 4.79 Å². The number of carbonyl (C=O) groups excluding carboxylic acids is 1. The van der Waals surface area contributed by atoms with Gasteiger partial charge in [-0.25, -0.2) is 4.98 Å². The van der Waals surface area contributed by atoms with E-state index in [4.69, 9.17) is 11.6 Å². The van der Waals surface area contributed by atoms with Crippen molar-refractivity contribution in [3.63, 3.8) is 0 Å².